The number of benzene rings is 3. The Morgan fingerprint density at radius 2 is 1.64 bits per heavy atom. The van der Waals surface area contributed by atoms with E-state index in [-0.39, 0.29) is 11.6 Å². The molecule has 1 atom stereocenters. The van der Waals surface area contributed by atoms with Crippen LogP contribution in [0, 0.1) is 13.8 Å². The summed E-state index contributed by atoms with van der Waals surface area (Å²) in [6.07, 6.45) is 0. The van der Waals surface area contributed by atoms with Gasteiger partial charge < -0.3 is 15.2 Å². The fourth-order valence-corrected chi connectivity index (χ4v) is 4.45. The Balaban J connectivity index is 1.64. The van der Waals surface area contributed by atoms with E-state index in [1.165, 1.54) is 0 Å². The second kappa shape index (κ2) is 10.0. The van der Waals surface area contributed by atoms with E-state index >= 15 is 0 Å². The minimum absolute atomic E-state index is 0.0529. The number of hydrogen-bond donors (Lipinski definition) is 2. The summed E-state index contributed by atoms with van der Waals surface area (Å²) in [5.74, 6) is 0. The molecule has 0 radical (unpaired) electrons. The van der Waals surface area contributed by atoms with Gasteiger partial charge in [-0.25, -0.2) is 0 Å². The van der Waals surface area contributed by atoms with Crippen LogP contribution in [0.5, 0.6) is 0 Å². The molecule has 1 heterocycles. The molecular formula is C28H29N3OS. The number of hydrogen-bond acceptors (Lipinski definition) is 2. The lowest BCUT2D eigenvalue weighted by atomic mass is 10.0. The van der Waals surface area contributed by atoms with Crippen LogP contribution in [0.4, 0.5) is 0 Å². The highest BCUT2D eigenvalue weighted by Crippen LogP contribution is 2.20. The normalized spacial score (nSPS) is 11.8. The molecular weight excluding hydrogens is 426 g/mol. The molecule has 0 saturated carbocycles. The summed E-state index contributed by atoms with van der Waals surface area (Å²) in [5, 5.41) is 5.14. The first-order valence-corrected chi connectivity index (χ1v) is 11.6. The second-order valence-electron chi connectivity index (χ2n) is 8.59. The zero-order chi connectivity index (χ0) is 23.4. The molecule has 0 spiro atoms. The maximum Gasteiger partial charge on any atom is 0.253 e. The van der Waals surface area contributed by atoms with Gasteiger partial charge in [0.05, 0.1) is 12.6 Å². The van der Waals surface area contributed by atoms with Gasteiger partial charge in [-0.05, 0) is 67.4 Å². The third-order valence-electron chi connectivity index (χ3n) is 5.89. The molecule has 33 heavy (non-hydrogen) atoms. The van der Waals surface area contributed by atoms with E-state index in [1.807, 2.05) is 55.5 Å². The molecule has 2 N–H and O–H groups in total. The van der Waals surface area contributed by atoms with Gasteiger partial charge in [0, 0.05) is 23.0 Å². The predicted molar refractivity (Wildman–Crippen MR) is 140 cm³/mol. The lowest BCUT2D eigenvalue weighted by molar-refractivity contribution is 0.392. The van der Waals surface area contributed by atoms with Gasteiger partial charge in [-0.3, -0.25) is 4.79 Å². The van der Waals surface area contributed by atoms with Crippen LogP contribution in [0.2, 0.25) is 0 Å². The molecule has 4 aromatic rings. The van der Waals surface area contributed by atoms with Crippen molar-refractivity contribution in [2.75, 3.05) is 0 Å². The Morgan fingerprint density at radius 1 is 0.970 bits per heavy atom. The zero-order valence-corrected chi connectivity index (χ0v) is 20.1. The molecule has 0 aliphatic rings. The highest BCUT2D eigenvalue weighted by atomic mass is 32.1. The molecule has 0 fully saturated rings. The number of aryl methyl sites for hydroxylation is 2. The first-order chi connectivity index (χ1) is 15.9. The van der Waals surface area contributed by atoms with Crippen molar-refractivity contribution < 1.29 is 0 Å². The Morgan fingerprint density at radius 3 is 2.33 bits per heavy atom. The molecule has 3 aromatic carbocycles. The van der Waals surface area contributed by atoms with Crippen LogP contribution in [0.1, 0.15) is 40.8 Å². The van der Waals surface area contributed by atoms with Crippen molar-refractivity contribution in [2.45, 2.75) is 39.9 Å². The second-order valence-corrected chi connectivity index (χ2v) is 8.98. The van der Waals surface area contributed by atoms with E-state index < -0.39 is 0 Å². The minimum atomic E-state index is -0.0792. The van der Waals surface area contributed by atoms with Gasteiger partial charge in [-0.2, -0.15) is 0 Å². The first kappa shape index (κ1) is 22.7. The molecule has 5 heteroatoms. The summed E-state index contributed by atoms with van der Waals surface area (Å²) >= 11 is 5.83. The van der Waals surface area contributed by atoms with Crippen LogP contribution >= 0.6 is 12.2 Å². The Kier molecular flexibility index (Phi) is 6.90. The minimum Gasteiger partial charge on any atom is -0.356 e. The van der Waals surface area contributed by atoms with Crippen LogP contribution in [-0.2, 0) is 13.1 Å². The third-order valence-corrected chi connectivity index (χ3v) is 6.27. The van der Waals surface area contributed by atoms with Crippen LogP contribution < -0.4 is 10.9 Å². The number of fused-ring (bicyclic) bond motifs is 1. The number of H-pyrrole nitrogens is 1. The van der Waals surface area contributed by atoms with Crippen molar-refractivity contribution in [3.05, 3.63) is 117 Å². The number of nitrogens with zero attached hydrogens (tertiary/aromatic N) is 1. The highest BCUT2D eigenvalue weighted by Gasteiger charge is 2.17. The van der Waals surface area contributed by atoms with Gasteiger partial charge in [-0.1, -0.05) is 66.7 Å². The number of aromatic nitrogens is 1. The quantitative estimate of drug-likeness (QED) is 0.362. The van der Waals surface area contributed by atoms with E-state index in [0.29, 0.717) is 23.8 Å². The maximum atomic E-state index is 13.0. The molecule has 0 bridgehead atoms. The summed E-state index contributed by atoms with van der Waals surface area (Å²) < 4.78 is 0. The van der Waals surface area contributed by atoms with Crippen molar-refractivity contribution in [2.24, 2.45) is 0 Å². The van der Waals surface area contributed by atoms with Crippen LogP contribution in [0.15, 0.2) is 83.7 Å². The summed E-state index contributed by atoms with van der Waals surface area (Å²) in [6.45, 7) is 7.24. The Labute approximate surface area is 200 Å². The summed E-state index contributed by atoms with van der Waals surface area (Å²) in [4.78, 5) is 18.1. The SMILES string of the molecule is Cc1cc(C)c2cc(CN(Cc3ccccc3)C(=S)N[C@@H](C)c3ccccc3)c(=O)[nH]c2c1. The number of nitrogens with one attached hydrogen (secondary N) is 2. The topological polar surface area (TPSA) is 48.1 Å². The fraction of sp³-hybridized carbons (Fsp3) is 0.214. The van der Waals surface area contributed by atoms with Gasteiger partial charge in [0.1, 0.15) is 0 Å². The van der Waals surface area contributed by atoms with Crippen molar-refractivity contribution in [3.8, 4) is 0 Å². The molecule has 4 rings (SSSR count). The standard InChI is InChI=1S/C28H29N3OS/c1-19-14-20(2)25-16-24(27(32)30-26(25)15-19)18-31(17-22-10-6-4-7-11-22)28(33)29-21(3)23-12-8-5-9-13-23/h4-16,21H,17-18H2,1-3H3,(H,29,33)(H,30,32)/t21-/m0/s1. The van der Waals surface area contributed by atoms with Crippen LogP contribution in [0.3, 0.4) is 0 Å². The van der Waals surface area contributed by atoms with Gasteiger partial charge in [0.15, 0.2) is 5.11 Å². The summed E-state index contributed by atoms with van der Waals surface area (Å²) in [6, 6.07) is 26.6. The number of rotatable bonds is 6. The molecule has 0 amide bonds. The predicted octanol–water partition coefficient (Wildman–Crippen LogP) is 5.78. The summed E-state index contributed by atoms with van der Waals surface area (Å²) in [5.41, 5.74) is 6.07. The number of thiocarbonyl (C=S) groups is 1. The van der Waals surface area contributed by atoms with Gasteiger partial charge in [-0.15, -0.1) is 0 Å². The van der Waals surface area contributed by atoms with Crippen molar-refractivity contribution in [3.63, 3.8) is 0 Å². The Hall–Kier alpha value is -3.44. The van der Waals surface area contributed by atoms with Gasteiger partial charge >= 0.3 is 0 Å². The maximum absolute atomic E-state index is 13.0. The monoisotopic (exact) mass is 455 g/mol. The van der Waals surface area contributed by atoms with E-state index in [1.54, 1.807) is 0 Å². The molecule has 0 unspecified atom stereocenters. The average Bonchev–Trinajstić information content (AvgIpc) is 2.80. The molecule has 168 valence electrons. The highest BCUT2D eigenvalue weighted by molar-refractivity contribution is 7.80. The van der Waals surface area contributed by atoms with Gasteiger partial charge in [0.25, 0.3) is 5.56 Å². The number of pyridine rings is 1. The largest absolute Gasteiger partial charge is 0.356 e. The van der Waals surface area contributed by atoms with Crippen molar-refractivity contribution in [1.29, 1.82) is 0 Å². The molecule has 0 aliphatic carbocycles. The van der Waals surface area contributed by atoms with E-state index in [0.717, 1.165) is 33.2 Å². The van der Waals surface area contributed by atoms with Crippen molar-refractivity contribution >= 4 is 28.2 Å². The number of aromatic amines is 1. The lowest BCUT2D eigenvalue weighted by Crippen LogP contribution is -2.41. The first-order valence-electron chi connectivity index (χ1n) is 11.2. The lowest BCUT2D eigenvalue weighted by Gasteiger charge is -2.28. The average molecular weight is 456 g/mol. The Bertz CT molecular complexity index is 1320. The summed E-state index contributed by atoms with van der Waals surface area (Å²) in [7, 11) is 0. The molecule has 0 saturated heterocycles. The van der Waals surface area contributed by atoms with E-state index in [4.69, 9.17) is 12.2 Å². The van der Waals surface area contributed by atoms with Gasteiger partial charge in [0.2, 0.25) is 0 Å². The van der Waals surface area contributed by atoms with E-state index in [9.17, 15) is 4.79 Å². The van der Waals surface area contributed by atoms with Crippen LogP contribution in [-0.4, -0.2) is 15.0 Å². The van der Waals surface area contributed by atoms with Crippen LogP contribution in [0.25, 0.3) is 10.9 Å². The fourth-order valence-electron chi connectivity index (χ4n) is 4.14. The van der Waals surface area contributed by atoms with E-state index in [2.05, 4.69) is 59.4 Å². The third kappa shape index (κ3) is 5.49. The molecule has 0 aliphatic heterocycles. The van der Waals surface area contributed by atoms with Crippen molar-refractivity contribution in [1.82, 2.24) is 15.2 Å². The zero-order valence-electron chi connectivity index (χ0n) is 19.3. The smallest absolute Gasteiger partial charge is 0.253 e. The molecule has 4 nitrogen and oxygen atoms in total. The molecule has 1 aromatic heterocycles.